The largest absolute Gasteiger partial charge is 0.399 e. The maximum absolute atomic E-state index is 13.0. The van der Waals surface area contributed by atoms with Crippen molar-refractivity contribution in [2.75, 3.05) is 5.73 Å². The van der Waals surface area contributed by atoms with Crippen LogP contribution in [0.4, 0.5) is 10.1 Å². The summed E-state index contributed by atoms with van der Waals surface area (Å²) < 4.78 is 37.9. The number of halogens is 1. The quantitative estimate of drug-likeness (QED) is 0.885. The van der Waals surface area contributed by atoms with Crippen LogP contribution in [0.15, 0.2) is 41.3 Å². The van der Waals surface area contributed by atoms with Crippen molar-refractivity contribution in [2.24, 2.45) is 0 Å². The Morgan fingerprint density at radius 1 is 1.05 bits per heavy atom. The number of benzene rings is 2. The maximum Gasteiger partial charge on any atom is 0.182 e. The van der Waals surface area contributed by atoms with Crippen LogP contribution < -0.4 is 5.73 Å². The molecule has 0 saturated heterocycles. The summed E-state index contributed by atoms with van der Waals surface area (Å²) in [5.41, 5.74) is 8.00. The van der Waals surface area contributed by atoms with Gasteiger partial charge in [0.1, 0.15) is 5.82 Å². The highest BCUT2D eigenvalue weighted by molar-refractivity contribution is 7.90. The lowest BCUT2D eigenvalue weighted by Crippen LogP contribution is -2.08. The lowest BCUT2D eigenvalue weighted by molar-refractivity contribution is 0.594. The summed E-state index contributed by atoms with van der Waals surface area (Å²) in [5.74, 6) is -0.517. The third kappa shape index (κ3) is 2.99. The van der Waals surface area contributed by atoms with Gasteiger partial charge in [0.25, 0.3) is 0 Å². The minimum absolute atomic E-state index is 0.149. The average molecular weight is 293 g/mol. The smallest absolute Gasteiger partial charge is 0.182 e. The molecule has 0 bridgehead atoms. The summed E-state index contributed by atoms with van der Waals surface area (Å²) in [5, 5.41) is 0. The van der Waals surface area contributed by atoms with Gasteiger partial charge >= 0.3 is 0 Å². The van der Waals surface area contributed by atoms with Crippen molar-refractivity contribution in [2.45, 2.75) is 24.5 Å². The van der Waals surface area contributed by atoms with Crippen LogP contribution in [0.3, 0.4) is 0 Å². The predicted molar refractivity (Wildman–Crippen MR) is 77.6 cm³/mol. The van der Waals surface area contributed by atoms with Crippen LogP contribution in [0.1, 0.15) is 16.7 Å². The van der Waals surface area contributed by atoms with E-state index in [0.717, 1.165) is 0 Å². The van der Waals surface area contributed by atoms with E-state index in [4.69, 9.17) is 5.73 Å². The number of sulfone groups is 1. The van der Waals surface area contributed by atoms with Crippen LogP contribution >= 0.6 is 0 Å². The van der Waals surface area contributed by atoms with Crippen LogP contribution in [0.25, 0.3) is 0 Å². The zero-order valence-electron chi connectivity index (χ0n) is 11.4. The molecule has 2 aromatic rings. The molecule has 0 radical (unpaired) electrons. The molecule has 3 nitrogen and oxygen atoms in total. The molecule has 2 rings (SSSR count). The summed E-state index contributed by atoms with van der Waals surface area (Å²) in [6, 6.07) is 8.82. The standard InChI is InChI=1S/C15H16FNO2S/c1-10-7-13(16)4-3-12(10)9-20(18,19)15-6-5-14(17)8-11(15)2/h3-8H,9,17H2,1-2H3. The van der Waals surface area contributed by atoms with Crippen molar-refractivity contribution in [3.63, 3.8) is 0 Å². The summed E-state index contributed by atoms with van der Waals surface area (Å²) in [4.78, 5) is 0.260. The zero-order valence-corrected chi connectivity index (χ0v) is 12.2. The summed E-state index contributed by atoms with van der Waals surface area (Å²) in [6.07, 6.45) is 0. The van der Waals surface area contributed by atoms with Crippen molar-refractivity contribution in [3.05, 3.63) is 58.9 Å². The van der Waals surface area contributed by atoms with Gasteiger partial charge in [-0.2, -0.15) is 0 Å². The molecule has 0 spiro atoms. The first kappa shape index (κ1) is 14.5. The Labute approximate surface area is 118 Å². The molecule has 0 fully saturated rings. The molecule has 2 N–H and O–H groups in total. The molecule has 0 aliphatic heterocycles. The molecule has 0 atom stereocenters. The third-order valence-corrected chi connectivity index (χ3v) is 5.00. The SMILES string of the molecule is Cc1cc(F)ccc1CS(=O)(=O)c1ccc(N)cc1C. The Balaban J connectivity index is 2.41. The van der Waals surface area contributed by atoms with Crippen molar-refractivity contribution in [1.29, 1.82) is 0 Å². The number of anilines is 1. The van der Waals surface area contributed by atoms with E-state index in [1.165, 1.54) is 24.3 Å². The van der Waals surface area contributed by atoms with Crippen LogP contribution in [-0.4, -0.2) is 8.42 Å². The van der Waals surface area contributed by atoms with Crippen LogP contribution in [-0.2, 0) is 15.6 Å². The van der Waals surface area contributed by atoms with E-state index in [2.05, 4.69) is 0 Å². The Morgan fingerprint density at radius 2 is 1.75 bits per heavy atom. The van der Waals surface area contributed by atoms with E-state index in [1.54, 1.807) is 26.0 Å². The molecule has 0 amide bonds. The fourth-order valence-corrected chi connectivity index (χ4v) is 3.84. The second kappa shape index (κ2) is 5.25. The molecular weight excluding hydrogens is 277 g/mol. The molecule has 5 heteroatoms. The van der Waals surface area contributed by atoms with Crippen molar-refractivity contribution < 1.29 is 12.8 Å². The molecule has 2 aromatic carbocycles. The highest BCUT2D eigenvalue weighted by Crippen LogP contribution is 2.23. The third-order valence-electron chi connectivity index (χ3n) is 3.18. The number of nitrogens with two attached hydrogens (primary N) is 1. The number of hydrogen-bond acceptors (Lipinski definition) is 3. The fraction of sp³-hybridized carbons (Fsp3) is 0.200. The normalized spacial score (nSPS) is 11.6. The van der Waals surface area contributed by atoms with Gasteiger partial charge in [0, 0.05) is 5.69 Å². The van der Waals surface area contributed by atoms with E-state index >= 15 is 0 Å². The number of nitrogen functional groups attached to an aromatic ring is 1. The van der Waals surface area contributed by atoms with Crippen molar-refractivity contribution in [3.8, 4) is 0 Å². The van der Waals surface area contributed by atoms with Gasteiger partial charge < -0.3 is 5.73 Å². The second-order valence-electron chi connectivity index (χ2n) is 4.85. The number of hydrogen-bond donors (Lipinski definition) is 1. The summed E-state index contributed by atoms with van der Waals surface area (Å²) >= 11 is 0. The van der Waals surface area contributed by atoms with Crippen molar-refractivity contribution >= 4 is 15.5 Å². The fourth-order valence-electron chi connectivity index (χ4n) is 2.13. The van der Waals surface area contributed by atoms with Crippen molar-refractivity contribution in [1.82, 2.24) is 0 Å². The molecule has 0 aromatic heterocycles. The molecule has 0 aliphatic rings. The average Bonchev–Trinajstić information content (AvgIpc) is 2.32. The van der Waals surface area contributed by atoms with Gasteiger partial charge in [-0.15, -0.1) is 0 Å². The van der Waals surface area contributed by atoms with Gasteiger partial charge in [-0.05, 0) is 60.9 Å². The van der Waals surface area contributed by atoms with E-state index in [1.807, 2.05) is 0 Å². The summed E-state index contributed by atoms with van der Waals surface area (Å²) in [6.45, 7) is 3.41. The van der Waals surface area contributed by atoms with Crippen LogP contribution in [0, 0.1) is 19.7 Å². The zero-order chi connectivity index (χ0) is 14.9. The molecule has 106 valence electrons. The lowest BCUT2D eigenvalue weighted by Gasteiger charge is -2.10. The van der Waals surface area contributed by atoms with Crippen LogP contribution in [0.2, 0.25) is 0 Å². The van der Waals surface area contributed by atoms with E-state index in [9.17, 15) is 12.8 Å². The van der Waals surface area contributed by atoms with Gasteiger partial charge in [-0.1, -0.05) is 6.07 Å². The lowest BCUT2D eigenvalue weighted by atomic mass is 10.1. The first-order valence-electron chi connectivity index (χ1n) is 6.13. The number of rotatable bonds is 3. The highest BCUT2D eigenvalue weighted by Gasteiger charge is 2.19. The molecule has 0 heterocycles. The van der Waals surface area contributed by atoms with Gasteiger partial charge in [-0.3, -0.25) is 0 Å². The van der Waals surface area contributed by atoms with E-state index in [0.29, 0.717) is 22.4 Å². The first-order chi connectivity index (χ1) is 9.29. The monoisotopic (exact) mass is 293 g/mol. The topological polar surface area (TPSA) is 60.2 Å². The minimum Gasteiger partial charge on any atom is -0.399 e. The Bertz CT molecular complexity index is 754. The van der Waals surface area contributed by atoms with Gasteiger partial charge in [0.05, 0.1) is 10.6 Å². The Morgan fingerprint density at radius 3 is 2.35 bits per heavy atom. The van der Waals surface area contributed by atoms with Crippen LogP contribution in [0.5, 0.6) is 0 Å². The van der Waals surface area contributed by atoms with Gasteiger partial charge in [0.15, 0.2) is 9.84 Å². The van der Waals surface area contributed by atoms with Gasteiger partial charge in [-0.25, -0.2) is 12.8 Å². The second-order valence-corrected chi connectivity index (χ2v) is 6.81. The molecule has 0 unspecified atom stereocenters. The Hall–Kier alpha value is -1.88. The molecule has 20 heavy (non-hydrogen) atoms. The van der Waals surface area contributed by atoms with Gasteiger partial charge in [0.2, 0.25) is 0 Å². The first-order valence-corrected chi connectivity index (χ1v) is 7.79. The molecule has 0 aliphatic carbocycles. The van der Waals surface area contributed by atoms with E-state index < -0.39 is 9.84 Å². The predicted octanol–water partition coefficient (Wildman–Crippen LogP) is 3.00. The minimum atomic E-state index is -3.47. The Kier molecular flexibility index (Phi) is 3.81. The molecular formula is C15H16FNO2S. The molecule has 0 saturated carbocycles. The summed E-state index contributed by atoms with van der Waals surface area (Å²) in [7, 11) is -3.47. The number of aryl methyl sites for hydroxylation is 2. The highest BCUT2D eigenvalue weighted by atomic mass is 32.2. The maximum atomic E-state index is 13.0. The van der Waals surface area contributed by atoms with E-state index in [-0.39, 0.29) is 16.5 Å².